The van der Waals surface area contributed by atoms with E-state index in [1.807, 2.05) is 27.0 Å². The quantitative estimate of drug-likeness (QED) is 0.463. The first kappa shape index (κ1) is 20.2. The average Bonchev–Trinajstić information content (AvgIpc) is 3.40. The number of imidazole rings is 1. The predicted octanol–water partition coefficient (Wildman–Crippen LogP) is 6.64. The van der Waals surface area contributed by atoms with Gasteiger partial charge in [-0.3, -0.25) is 4.90 Å². The van der Waals surface area contributed by atoms with Gasteiger partial charge in [-0.25, -0.2) is 9.78 Å². The van der Waals surface area contributed by atoms with Crippen LogP contribution in [0.2, 0.25) is 0 Å². The molecule has 2 aromatic heterocycles. The van der Waals surface area contributed by atoms with Gasteiger partial charge in [0.25, 0.3) is 0 Å². The number of hydrogen-bond donors (Lipinski definition) is 1. The van der Waals surface area contributed by atoms with E-state index in [2.05, 4.69) is 62.3 Å². The van der Waals surface area contributed by atoms with Gasteiger partial charge in [0.1, 0.15) is 11.4 Å². The molecule has 1 unspecified atom stereocenters. The third-order valence-electron chi connectivity index (χ3n) is 4.85. The molecule has 0 radical (unpaired) electrons. The van der Waals surface area contributed by atoms with Gasteiger partial charge in [0, 0.05) is 11.4 Å². The molecule has 7 heteroatoms. The lowest BCUT2D eigenvalue weighted by molar-refractivity contribution is 0.0219. The summed E-state index contributed by atoms with van der Waals surface area (Å²) < 4.78 is 6.69. The van der Waals surface area contributed by atoms with E-state index in [4.69, 9.17) is 4.74 Å². The van der Waals surface area contributed by atoms with E-state index in [1.54, 1.807) is 16.2 Å². The Bertz CT molecular complexity index is 1000. The zero-order chi connectivity index (χ0) is 20.6. The fourth-order valence-corrected chi connectivity index (χ4v) is 4.92. The first-order valence-corrected chi connectivity index (χ1v) is 11.3. The number of thiophene rings is 1. The van der Waals surface area contributed by atoms with Crippen molar-refractivity contribution in [1.82, 2.24) is 14.9 Å². The number of carbonyl (C=O) groups excluding carboxylic acids is 1. The van der Waals surface area contributed by atoms with Crippen molar-refractivity contribution in [3.8, 4) is 21.7 Å². The summed E-state index contributed by atoms with van der Waals surface area (Å²) in [5.74, 6) is 0.814. The largest absolute Gasteiger partial charge is 0.444 e. The molecule has 1 aliphatic heterocycles. The highest BCUT2D eigenvalue weighted by Gasteiger charge is 2.34. The summed E-state index contributed by atoms with van der Waals surface area (Å²) in [5, 5.41) is 0. The molecule has 29 heavy (non-hydrogen) atoms. The fourth-order valence-electron chi connectivity index (χ4n) is 3.53. The van der Waals surface area contributed by atoms with Crippen LogP contribution in [-0.2, 0) is 4.74 Å². The highest BCUT2D eigenvalue weighted by atomic mass is 79.9. The van der Waals surface area contributed by atoms with E-state index in [9.17, 15) is 4.79 Å². The Morgan fingerprint density at radius 3 is 2.59 bits per heavy atom. The van der Waals surface area contributed by atoms with Crippen molar-refractivity contribution >= 4 is 33.4 Å². The summed E-state index contributed by atoms with van der Waals surface area (Å²) >= 11 is 5.23. The van der Waals surface area contributed by atoms with E-state index in [0.29, 0.717) is 6.54 Å². The van der Waals surface area contributed by atoms with E-state index in [-0.39, 0.29) is 12.1 Å². The maximum Gasteiger partial charge on any atom is 0.410 e. The van der Waals surface area contributed by atoms with Gasteiger partial charge in [-0.05, 0) is 72.8 Å². The lowest BCUT2D eigenvalue weighted by atomic mass is 10.1. The molecule has 1 N–H and O–H groups in total. The zero-order valence-corrected chi connectivity index (χ0v) is 19.1. The summed E-state index contributed by atoms with van der Waals surface area (Å²) in [4.78, 5) is 23.6. The van der Waals surface area contributed by atoms with Crippen LogP contribution >= 0.6 is 27.3 Å². The van der Waals surface area contributed by atoms with Crippen molar-refractivity contribution in [2.45, 2.75) is 45.3 Å². The second-order valence-electron chi connectivity index (χ2n) is 8.19. The summed E-state index contributed by atoms with van der Waals surface area (Å²) in [7, 11) is 0. The number of hydrogen-bond acceptors (Lipinski definition) is 4. The smallest absolute Gasteiger partial charge is 0.410 e. The van der Waals surface area contributed by atoms with Crippen LogP contribution in [0, 0.1) is 0 Å². The molecule has 1 fully saturated rings. The van der Waals surface area contributed by atoms with Crippen LogP contribution in [0.25, 0.3) is 21.7 Å². The number of H-pyrrole nitrogens is 1. The van der Waals surface area contributed by atoms with Crippen LogP contribution in [0.15, 0.2) is 46.4 Å². The number of halogens is 1. The number of aromatic amines is 1. The Balaban J connectivity index is 1.51. The third-order valence-corrected chi connectivity index (χ3v) is 6.52. The minimum absolute atomic E-state index is 0.0682. The second-order valence-corrected chi connectivity index (χ2v) is 10.7. The topological polar surface area (TPSA) is 58.2 Å². The van der Waals surface area contributed by atoms with Crippen LogP contribution < -0.4 is 0 Å². The van der Waals surface area contributed by atoms with Gasteiger partial charge < -0.3 is 9.72 Å². The minimum atomic E-state index is -0.502. The van der Waals surface area contributed by atoms with Crippen LogP contribution in [0.4, 0.5) is 4.79 Å². The monoisotopic (exact) mass is 473 g/mol. The number of nitrogens with zero attached hydrogens (tertiary/aromatic N) is 2. The van der Waals surface area contributed by atoms with E-state index >= 15 is 0 Å². The lowest BCUT2D eigenvalue weighted by Gasteiger charge is -2.27. The third kappa shape index (κ3) is 4.56. The highest BCUT2D eigenvalue weighted by Crippen LogP contribution is 2.34. The van der Waals surface area contributed by atoms with Gasteiger partial charge in [0.15, 0.2) is 0 Å². The molecule has 0 saturated carbocycles. The summed E-state index contributed by atoms with van der Waals surface area (Å²) in [6, 6.07) is 12.5. The summed E-state index contributed by atoms with van der Waals surface area (Å²) in [6.45, 7) is 6.36. The number of benzene rings is 1. The van der Waals surface area contributed by atoms with Gasteiger partial charge >= 0.3 is 6.09 Å². The Morgan fingerprint density at radius 1 is 1.21 bits per heavy atom. The predicted molar refractivity (Wildman–Crippen MR) is 120 cm³/mol. The van der Waals surface area contributed by atoms with Crippen molar-refractivity contribution in [3.05, 3.63) is 52.2 Å². The van der Waals surface area contributed by atoms with Crippen molar-refractivity contribution in [1.29, 1.82) is 0 Å². The first-order chi connectivity index (χ1) is 13.8. The number of likely N-dealkylation sites (tertiary alicyclic amines) is 1. The molecular formula is C22H24BrN3O2S. The van der Waals surface area contributed by atoms with Crippen molar-refractivity contribution in [2.24, 2.45) is 0 Å². The molecular weight excluding hydrogens is 450 g/mol. The standard InChI is InChI=1S/C22H24BrN3O2S/c1-22(2,3)28-21(27)26-12-4-5-17(26)20-24-13-16(25-20)14-6-8-15(9-7-14)18-10-11-19(23)29-18/h6-11,13,17H,4-5,12H2,1-3H3,(H,24,25). The number of nitrogens with one attached hydrogen (secondary N) is 1. The molecule has 3 aromatic rings. The van der Waals surface area contributed by atoms with Gasteiger partial charge in [-0.1, -0.05) is 24.3 Å². The van der Waals surface area contributed by atoms with Crippen LogP contribution in [-0.4, -0.2) is 33.1 Å². The van der Waals surface area contributed by atoms with Gasteiger partial charge in [-0.15, -0.1) is 11.3 Å². The van der Waals surface area contributed by atoms with Crippen LogP contribution in [0.5, 0.6) is 0 Å². The van der Waals surface area contributed by atoms with Gasteiger partial charge in [-0.2, -0.15) is 0 Å². The Hall–Kier alpha value is -2.12. The Labute approximate surface area is 183 Å². The second kappa shape index (κ2) is 7.95. The Kier molecular flexibility index (Phi) is 5.53. The molecule has 1 atom stereocenters. The molecule has 1 aromatic carbocycles. The lowest BCUT2D eigenvalue weighted by Crippen LogP contribution is -2.36. The van der Waals surface area contributed by atoms with E-state index in [0.717, 1.165) is 33.7 Å². The van der Waals surface area contributed by atoms with Crippen LogP contribution in [0.3, 0.4) is 0 Å². The fraction of sp³-hybridized carbons (Fsp3) is 0.364. The number of amides is 1. The number of aromatic nitrogens is 2. The molecule has 1 saturated heterocycles. The molecule has 152 valence electrons. The van der Waals surface area contributed by atoms with E-state index in [1.165, 1.54) is 10.4 Å². The number of ether oxygens (including phenoxy) is 1. The van der Waals surface area contributed by atoms with E-state index < -0.39 is 5.60 Å². The molecule has 0 bridgehead atoms. The molecule has 5 nitrogen and oxygen atoms in total. The molecule has 0 spiro atoms. The molecule has 3 heterocycles. The number of rotatable bonds is 3. The average molecular weight is 474 g/mol. The van der Waals surface area contributed by atoms with Gasteiger partial charge in [0.2, 0.25) is 0 Å². The molecule has 0 aliphatic carbocycles. The first-order valence-electron chi connectivity index (χ1n) is 9.71. The highest BCUT2D eigenvalue weighted by molar-refractivity contribution is 9.11. The maximum absolute atomic E-state index is 12.6. The SMILES string of the molecule is CC(C)(C)OC(=O)N1CCCC1c1ncc(-c2ccc(-c3ccc(Br)s3)cc2)[nH]1. The van der Waals surface area contributed by atoms with Crippen molar-refractivity contribution in [2.75, 3.05) is 6.54 Å². The summed E-state index contributed by atoms with van der Waals surface area (Å²) in [6.07, 6.45) is 3.41. The molecule has 1 amide bonds. The normalized spacial score (nSPS) is 17.0. The molecule has 4 rings (SSSR count). The summed E-state index contributed by atoms with van der Waals surface area (Å²) in [5.41, 5.74) is 2.72. The van der Waals surface area contributed by atoms with Crippen LogP contribution in [0.1, 0.15) is 45.5 Å². The minimum Gasteiger partial charge on any atom is -0.444 e. The van der Waals surface area contributed by atoms with Crippen molar-refractivity contribution in [3.63, 3.8) is 0 Å². The van der Waals surface area contributed by atoms with Crippen molar-refractivity contribution < 1.29 is 9.53 Å². The Morgan fingerprint density at radius 2 is 1.93 bits per heavy atom. The zero-order valence-electron chi connectivity index (χ0n) is 16.7. The van der Waals surface area contributed by atoms with Gasteiger partial charge in [0.05, 0.1) is 21.7 Å². The maximum atomic E-state index is 12.6. The molecule has 1 aliphatic rings. The number of carbonyl (C=O) groups is 1.